The highest BCUT2D eigenvalue weighted by Crippen LogP contribution is 2.07. The summed E-state index contributed by atoms with van der Waals surface area (Å²) in [6, 6.07) is 8.28. The van der Waals surface area contributed by atoms with Crippen LogP contribution in [0.2, 0.25) is 0 Å². The van der Waals surface area contributed by atoms with Crippen molar-refractivity contribution in [3.8, 4) is 0 Å². The van der Waals surface area contributed by atoms with Gasteiger partial charge in [0.25, 0.3) is 5.56 Å². The number of rotatable bonds is 5. The van der Waals surface area contributed by atoms with E-state index in [-0.39, 0.29) is 5.56 Å². The molecule has 2 aromatic rings. The van der Waals surface area contributed by atoms with Gasteiger partial charge in [0.1, 0.15) is 0 Å². The molecule has 4 nitrogen and oxygen atoms in total. The van der Waals surface area contributed by atoms with Crippen LogP contribution in [0.15, 0.2) is 41.5 Å². The summed E-state index contributed by atoms with van der Waals surface area (Å²) >= 11 is 0. The van der Waals surface area contributed by atoms with E-state index < -0.39 is 0 Å². The van der Waals surface area contributed by atoms with E-state index in [1.165, 1.54) is 11.1 Å². The van der Waals surface area contributed by atoms with Gasteiger partial charge >= 0.3 is 0 Å². The molecule has 0 aliphatic carbocycles. The van der Waals surface area contributed by atoms with E-state index in [0.29, 0.717) is 18.9 Å². The van der Waals surface area contributed by atoms with Crippen molar-refractivity contribution in [2.75, 3.05) is 11.9 Å². The minimum absolute atomic E-state index is 0.0604. The monoisotopic (exact) mass is 257 g/mol. The first kappa shape index (κ1) is 13.3. The van der Waals surface area contributed by atoms with Gasteiger partial charge in [0, 0.05) is 25.5 Å². The quantitative estimate of drug-likeness (QED) is 0.893. The molecule has 0 spiro atoms. The zero-order chi connectivity index (χ0) is 13.7. The van der Waals surface area contributed by atoms with E-state index in [4.69, 9.17) is 0 Å². The fourth-order valence-corrected chi connectivity index (χ4v) is 2.02. The summed E-state index contributed by atoms with van der Waals surface area (Å²) in [4.78, 5) is 16.0. The van der Waals surface area contributed by atoms with Gasteiger partial charge in [-0.25, -0.2) is 4.98 Å². The van der Waals surface area contributed by atoms with Crippen LogP contribution in [-0.2, 0) is 13.0 Å². The summed E-state index contributed by atoms with van der Waals surface area (Å²) in [6.07, 6.45) is 4.24. The number of aryl methyl sites for hydroxylation is 2. The largest absolute Gasteiger partial charge is 0.365 e. The molecule has 1 N–H and O–H groups in total. The maximum absolute atomic E-state index is 11.9. The summed E-state index contributed by atoms with van der Waals surface area (Å²) < 4.78 is 1.64. The number of hydrogen-bond acceptors (Lipinski definition) is 3. The van der Waals surface area contributed by atoms with E-state index in [1.54, 1.807) is 17.0 Å². The maximum atomic E-state index is 11.9. The van der Waals surface area contributed by atoms with Crippen LogP contribution in [0.1, 0.15) is 18.1 Å². The molecule has 0 unspecified atom stereocenters. The second-order valence-corrected chi connectivity index (χ2v) is 4.47. The van der Waals surface area contributed by atoms with Crippen LogP contribution in [0, 0.1) is 6.92 Å². The second kappa shape index (κ2) is 6.18. The van der Waals surface area contributed by atoms with E-state index >= 15 is 0 Å². The van der Waals surface area contributed by atoms with Gasteiger partial charge in [-0.2, -0.15) is 0 Å². The third-order valence-electron chi connectivity index (χ3n) is 3.20. The normalized spacial score (nSPS) is 10.4. The first-order valence-electron chi connectivity index (χ1n) is 6.56. The lowest BCUT2D eigenvalue weighted by atomic mass is 10.1. The Balaban J connectivity index is 2.00. The van der Waals surface area contributed by atoms with Crippen molar-refractivity contribution in [3.05, 3.63) is 58.1 Å². The minimum atomic E-state index is -0.0604. The highest BCUT2D eigenvalue weighted by atomic mass is 16.1. The van der Waals surface area contributed by atoms with Gasteiger partial charge in [-0.05, 0) is 31.4 Å². The number of benzene rings is 1. The Hall–Kier alpha value is -2.10. The molecule has 4 heteroatoms. The third kappa shape index (κ3) is 3.22. The van der Waals surface area contributed by atoms with Crippen molar-refractivity contribution in [1.82, 2.24) is 9.55 Å². The van der Waals surface area contributed by atoms with Gasteiger partial charge in [-0.15, -0.1) is 0 Å². The summed E-state index contributed by atoms with van der Waals surface area (Å²) in [7, 11) is 0. The van der Waals surface area contributed by atoms with Crippen LogP contribution in [0.3, 0.4) is 0 Å². The summed E-state index contributed by atoms with van der Waals surface area (Å²) in [6.45, 7) is 5.41. The first-order chi connectivity index (χ1) is 9.22. The molecule has 1 aromatic carbocycles. The van der Waals surface area contributed by atoms with Gasteiger partial charge in [-0.1, -0.05) is 24.3 Å². The van der Waals surface area contributed by atoms with Gasteiger partial charge < -0.3 is 9.88 Å². The molecule has 0 atom stereocenters. The molecule has 0 radical (unpaired) electrons. The van der Waals surface area contributed by atoms with Crippen molar-refractivity contribution in [2.24, 2.45) is 0 Å². The van der Waals surface area contributed by atoms with Crippen LogP contribution in [0.4, 0.5) is 5.82 Å². The van der Waals surface area contributed by atoms with Gasteiger partial charge in [0.05, 0.1) is 0 Å². The standard InChI is InChI=1S/C15H19N3O/c1-3-18-11-10-17-14(15(18)19)16-9-8-13-7-5-4-6-12(13)2/h4-7,10-11H,3,8-9H2,1-2H3,(H,16,17). The molecule has 0 aliphatic heterocycles. The van der Waals surface area contributed by atoms with E-state index in [2.05, 4.69) is 29.4 Å². The summed E-state index contributed by atoms with van der Waals surface area (Å²) in [5.41, 5.74) is 2.51. The van der Waals surface area contributed by atoms with E-state index in [9.17, 15) is 4.79 Å². The van der Waals surface area contributed by atoms with Crippen LogP contribution in [-0.4, -0.2) is 16.1 Å². The van der Waals surface area contributed by atoms with Crippen molar-refractivity contribution in [2.45, 2.75) is 26.8 Å². The lowest BCUT2D eigenvalue weighted by molar-refractivity contribution is 0.718. The van der Waals surface area contributed by atoms with E-state index in [1.807, 2.05) is 19.1 Å². The van der Waals surface area contributed by atoms with E-state index in [0.717, 1.165) is 6.42 Å². The van der Waals surface area contributed by atoms with Crippen LogP contribution >= 0.6 is 0 Å². The Bertz CT molecular complexity index is 604. The van der Waals surface area contributed by atoms with Gasteiger partial charge in [0.15, 0.2) is 5.82 Å². The molecule has 0 saturated heterocycles. The molecule has 0 amide bonds. The van der Waals surface area contributed by atoms with Crippen molar-refractivity contribution in [1.29, 1.82) is 0 Å². The van der Waals surface area contributed by atoms with Crippen LogP contribution in [0.25, 0.3) is 0 Å². The smallest absolute Gasteiger partial charge is 0.293 e. The molecule has 0 bridgehead atoms. The number of nitrogens with one attached hydrogen (secondary N) is 1. The zero-order valence-corrected chi connectivity index (χ0v) is 11.4. The Kier molecular flexibility index (Phi) is 4.34. The zero-order valence-electron chi connectivity index (χ0n) is 11.4. The molecule has 0 aliphatic rings. The first-order valence-corrected chi connectivity index (χ1v) is 6.56. The predicted octanol–water partition coefficient (Wildman–Crippen LogP) is 2.23. The fraction of sp³-hybridized carbons (Fsp3) is 0.333. The number of aromatic nitrogens is 2. The Morgan fingerprint density at radius 1 is 1.32 bits per heavy atom. The molecule has 2 rings (SSSR count). The number of nitrogens with zero attached hydrogens (tertiary/aromatic N) is 2. The van der Waals surface area contributed by atoms with Crippen molar-refractivity contribution < 1.29 is 0 Å². The average Bonchev–Trinajstić information content (AvgIpc) is 2.43. The summed E-state index contributed by atoms with van der Waals surface area (Å²) in [5, 5.41) is 3.12. The van der Waals surface area contributed by atoms with Gasteiger partial charge in [0.2, 0.25) is 0 Å². The molecule has 0 saturated carbocycles. The topological polar surface area (TPSA) is 46.9 Å². The Morgan fingerprint density at radius 2 is 2.11 bits per heavy atom. The molecule has 1 heterocycles. The fourth-order valence-electron chi connectivity index (χ4n) is 2.02. The highest BCUT2D eigenvalue weighted by Gasteiger charge is 2.03. The second-order valence-electron chi connectivity index (χ2n) is 4.47. The lowest BCUT2D eigenvalue weighted by Crippen LogP contribution is -2.24. The minimum Gasteiger partial charge on any atom is -0.365 e. The lowest BCUT2D eigenvalue weighted by Gasteiger charge is -2.08. The molecule has 19 heavy (non-hydrogen) atoms. The summed E-state index contributed by atoms with van der Waals surface area (Å²) in [5.74, 6) is 0.429. The average molecular weight is 257 g/mol. The number of hydrogen-bond donors (Lipinski definition) is 1. The maximum Gasteiger partial charge on any atom is 0.293 e. The van der Waals surface area contributed by atoms with Crippen LogP contribution in [0.5, 0.6) is 0 Å². The highest BCUT2D eigenvalue weighted by molar-refractivity contribution is 5.32. The van der Waals surface area contributed by atoms with Crippen molar-refractivity contribution >= 4 is 5.82 Å². The Labute approximate surface area is 113 Å². The molecule has 100 valence electrons. The van der Waals surface area contributed by atoms with Crippen LogP contribution < -0.4 is 10.9 Å². The Morgan fingerprint density at radius 3 is 2.84 bits per heavy atom. The predicted molar refractivity (Wildman–Crippen MR) is 77.5 cm³/mol. The number of anilines is 1. The van der Waals surface area contributed by atoms with Gasteiger partial charge in [-0.3, -0.25) is 4.79 Å². The molecule has 1 aromatic heterocycles. The molecule has 0 fully saturated rings. The molecular formula is C15H19N3O. The molecular weight excluding hydrogens is 238 g/mol. The van der Waals surface area contributed by atoms with Crippen molar-refractivity contribution in [3.63, 3.8) is 0 Å². The third-order valence-corrected chi connectivity index (χ3v) is 3.20. The SMILES string of the molecule is CCn1ccnc(NCCc2ccccc2C)c1=O.